The molecule has 0 aromatic heterocycles. The molecule has 61 heavy (non-hydrogen) atoms. The highest BCUT2D eigenvalue weighted by atomic mass is 16.6. The maximum Gasteiger partial charge on any atom is 0.306 e. The van der Waals surface area contributed by atoms with Crippen molar-refractivity contribution in [3.05, 3.63) is 0 Å². The summed E-state index contributed by atoms with van der Waals surface area (Å²) >= 11 is 0. The van der Waals surface area contributed by atoms with E-state index in [4.69, 9.17) is 14.2 Å². The molecule has 0 aliphatic rings. The number of rotatable bonds is 49. The molecule has 0 saturated carbocycles. The zero-order valence-electron chi connectivity index (χ0n) is 41.8. The predicted molar refractivity (Wildman–Crippen MR) is 261 cm³/mol. The average molecular weight is 863 g/mol. The second-order valence-corrected chi connectivity index (χ2v) is 19.6. The minimum atomic E-state index is -0.762. The van der Waals surface area contributed by atoms with Gasteiger partial charge in [0.15, 0.2) is 6.10 Å². The van der Waals surface area contributed by atoms with E-state index >= 15 is 0 Å². The molecule has 1 unspecified atom stereocenters. The molecule has 0 saturated heterocycles. The summed E-state index contributed by atoms with van der Waals surface area (Å²) in [7, 11) is 0. The van der Waals surface area contributed by atoms with Gasteiger partial charge in [-0.1, -0.05) is 266 Å². The Bertz CT molecular complexity index is 933. The highest BCUT2D eigenvalue weighted by Crippen LogP contribution is 2.18. The summed E-state index contributed by atoms with van der Waals surface area (Å²) in [5, 5.41) is 0. The molecule has 362 valence electrons. The maximum atomic E-state index is 12.8. The average Bonchev–Trinajstić information content (AvgIpc) is 3.24. The number of hydrogen-bond donors (Lipinski definition) is 0. The number of carbonyl (C=O) groups excluding carboxylic acids is 3. The van der Waals surface area contributed by atoms with Crippen LogP contribution in [0.3, 0.4) is 0 Å². The van der Waals surface area contributed by atoms with E-state index < -0.39 is 6.10 Å². The molecule has 0 N–H and O–H groups in total. The first kappa shape index (κ1) is 59.4. The van der Waals surface area contributed by atoms with E-state index in [-0.39, 0.29) is 31.1 Å². The quantitative estimate of drug-likeness (QED) is 0.0344. The molecule has 2 atom stereocenters. The number of carbonyl (C=O) groups is 3. The Hall–Kier alpha value is -1.59. The summed E-state index contributed by atoms with van der Waals surface area (Å²) in [6, 6.07) is 0. The van der Waals surface area contributed by atoms with Crippen LogP contribution >= 0.6 is 0 Å². The molecule has 0 aromatic carbocycles. The molecule has 6 heteroatoms. The molecule has 0 amide bonds. The molecular weight excluding hydrogens is 757 g/mol. The van der Waals surface area contributed by atoms with E-state index in [9.17, 15) is 14.4 Å². The topological polar surface area (TPSA) is 78.9 Å². The van der Waals surface area contributed by atoms with E-state index in [1.807, 2.05) is 0 Å². The number of esters is 3. The second-order valence-electron chi connectivity index (χ2n) is 19.6. The zero-order chi connectivity index (χ0) is 44.7. The van der Waals surface area contributed by atoms with Gasteiger partial charge in [0.1, 0.15) is 13.2 Å². The molecular formula is C55H106O6. The lowest BCUT2D eigenvalue weighted by Gasteiger charge is -2.18. The maximum absolute atomic E-state index is 12.8. The lowest BCUT2D eigenvalue weighted by atomic mass is 10.00. The first-order valence-electron chi connectivity index (χ1n) is 27.3. The summed E-state index contributed by atoms with van der Waals surface area (Å²) in [6.07, 6.45) is 49.5. The fourth-order valence-corrected chi connectivity index (χ4v) is 8.31. The Labute approximate surface area is 380 Å². The molecule has 0 radical (unpaired) electrons. The minimum absolute atomic E-state index is 0.0641. The molecule has 0 bridgehead atoms. The van der Waals surface area contributed by atoms with Crippen LogP contribution in [0.4, 0.5) is 0 Å². The van der Waals surface area contributed by atoms with Crippen LogP contribution in [0.25, 0.3) is 0 Å². The summed E-state index contributed by atoms with van der Waals surface area (Å²) in [6.45, 7) is 11.4. The van der Waals surface area contributed by atoms with Gasteiger partial charge in [0.2, 0.25) is 0 Å². The van der Waals surface area contributed by atoms with E-state index in [1.165, 1.54) is 193 Å². The monoisotopic (exact) mass is 863 g/mol. The van der Waals surface area contributed by atoms with Crippen LogP contribution in [0.5, 0.6) is 0 Å². The van der Waals surface area contributed by atoms with Crippen LogP contribution in [0, 0.1) is 11.8 Å². The van der Waals surface area contributed by atoms with Gasteiger partial charge in [-0.05, 0) is 31.1 Å². The molecule has 0 aliphatic heterocycles. The number of ether oxygens (including phenoxy) is 3. The van der Waals surface area contributed by atoms with Crippen molar-refractivity contribution in [2.45, 2.75) is 310 Å². The van der Waals surface area contributed by atoms with Gasteiger partial charge >= 0.3 is 17.9 Å². The van der Waals surface area contributed by atoms with E-state index in [0.717, 1.165) is 69.6 Å². The fraction of sp³-hybridized carbons (Fsp3) is 0.945. The normalized spacial score (nSPS) is 12.5. The number of hydrogen-bond acceptors (Lipinski definition) is 6. The highest BCUT2D eigenvalue weighted by molar-refractivity contribution is 5.71. The van der Waals surface area contributed by atoms with Crippen molar-refractivity contribution in [1.82, 2.24) is 0 Å². The van der Waals surface area contributed by atoms with Crippen molar-refractivity contribution < 1.29 is 28.6 Å². The molecule has 0 heterocycles. The SMILES string of the molecule is CCCCCCCCCCCCCCCCCCCCC(=O)O[C@@H](COC(=O)CCCCCCCCCCCCCCC(C)C)COC(=O)CCCCCCCCC(C)CC. The Kier molecular flexibility index (Phi) is 46.6. The third-order valence-corrected chi connectivity index (χ3v) is 12.8. The lowest BCUT2D eigenvalue weighted by molar-refractivity contribution is -0.167. The van der Waals surface area contributed by atoms with Crippen molar-refractivity contribution in [2.24, 2.45) is 11.8 Å². The lowest BCUT2D eigenvalue weighted by Crippen LogP contribution is -2.30. The third-order valence-electron chi connectivity index (χ3n) is 12.8. The summed E-state index contributed by atoms with van der Waals surface area (Å²) in [5.41, 5.74) is 0. The van der Waals surface area contributed by atoms with Gasteiger partial charge in [-0.2, -0.15) is 0 Å². The number of unbranched alkanes of at least 4 members (excludes halogenated alkanes) is 33. The van der Waals surface area contributed by atoms with Crippen LogP contribution in [0.15, 0.2) is 0 Å². The molecule has 0 aliphatic carbocycles. The van der Waals surface area contributed by atoms with E-state index in [0.29, 0.717) is 19.3 Å². The van der Waals surface area contributed by atoms with Crippen molar-refractivity contribution in [1.29, 1.82) is 0 Å². The fourth-order valence-electron chi connectivity index (χ4n) is 8.31. The van der Waals surface area contributed by atoms with Crippen molar-refractivity contribution >= 4 is 17.9 Å². The van der Waals surface area contributed by atoms with Crippen molar-refractivity contribution in [3.63, 3.8) is 0 Å². The van der Waals surface area contributed by atoms with E-state index in [1.54, 1.807) is 0 Å². The van der Waals surface area contributed by atoms with Gasteiger partial charge in [0.05, 0.1) is 0 Å². The van der Waals surface area contributed by atoms with Gasteiger partial charge in [0, 0.05) is 19.3 Å². The Morgan fingerprint density at radius 2 is 0.623 bits per heavy atom. The van der Waals surface area contributed by atoms with Crippen LogP contribution < -0.4 is 0 Å². The van der Waals surface area contributed by atoms with Gasteiger partial charge in [-0.25, -0.2) is 0 Å². The van der Waals surface area contributed by atoms with Crippen LogP contribution in [0.2, 0.25) is 0 Å². The minimum Gasteiger partial charge on any atom is -0.462 e. The molecule has 6 nitrogen and oxygen atoms in total. The standard InChI is InChI=1S/C55H106O6/c1-6-8-9-10-11-12-13-14-15-16-17-18-19-24-27-30-37-42-47-55(58)61-52(49-60-54(57)46-41-36-32-31-34-39-44-51(5)7-2)48-59-53(56)45-40-35-29-26-23-21-20-22-25-28-33-38-43-50(3)4/h50-52H,6-49H2,1-5H3/t51?,52-/m0/s1. The van der Waals surface area contributed by atoms with Gasteiger partial charge in [0.25, 0.3) is 0 Å². The Morgan fingerprint density at radius 1 is 0.344 bits per heavy atom. The van der Waals surface area contributed by atoms with E-state index in [2.05, 4.69) is 34.6 Å². The molecule has 0 spiro atoms. The zero-order valence-corrected chi connectivity index (χ0v) is 41.8. The molecule has 0 aromatic rings. The second kappa shape index (κ2) is 47.9. The smallest absolute Gasteiger partial charge is 0.306 e. The molecule has 0 rings (SSSR count). The van der Waals surface area contributed by atoms with Gasteiger partial charge in [-0.3, -0.25) is 14.4 Å². The summed E-state index contributed by atoms with van der Waals surface area (Å²) in [4.78, 5) is 38.0. The largest absolute Gasteiger partial charge is 0.462 e. The summed E-state index contributed by atoms with van der Waals surface area (Å²) < 4.78 is 16.8. The van der Waals surface area contributed by atoms with Crippen molar-refractivity contribution in [3.8, 4) is 0 Å². The van der Waals surface area contributed by atoms with Crippen molar-refractivity contribution in [2.75, 3.05) is 13.2 Å². The first-order valence-corrected chi connectivity index (χ1v) is 27.3. The highest BCUT2D eigenvalue weighted by Gasteiger charge is 2.19. The Morgan fingerprint density at radius 3 is 0.934 bits per heavy atom. The van der Waals surface area contributed by atoms with Gasteiger partial charge in [-0.15, -0.1) is 0 Å². The van der Waals surface area contributed by atoms with Crippen LogP contribution in [-0.4, -0.2) is 37.2 Å². The summed E-state index contributed by atoms with van der Waals surface area (Å²) in [5.74, 6) is 0.800. The first-order chi connectivity index (χ1) is 29.8. The third kappa shape index (κ3) is 47.7. The Balaban J connectivity index is 4.27. The van der Waals surface area contributed by atoms with Crippen LogP contribution in [0.1, 0.15) is 304 Å². The molecule has 0 fully saturated rings. The predicted octanol–water partition coefficient (Wildman–Crippen LogP) is 17.7. The van der Waals surface area contributed by atoms with Crippen LogP contribution in [-0.2, 0) is 28.6 Å². The van der Waals surface area contributed by atoms with Gasteiger partial charge < -0.3 is 14.2 Å².